The largest absolute Gasteiger partial charge is 0.476 e. The van der Waals surface area contributed by atoms with Crippen LogP contribution in [0.1, 0.15) is 10.5 Å². The Morgan fingerprint density at radius 3 is 2.44 bits per heavy atom. The molecule has 2 heterocycles. The third kappa shape index (κ3) is 4.53. The summed E-state index contributed by atoms with van der Waals surface area (Å²) in [7, 11) is 2.38. The number of ether oxygens (including phenoxy) is 4. The molecule has 0 radical (unpaired) electrons. The fraction of sp³-hybridized carbons (Fsp3) is 0.130. The van der Waals surface area contributed by atoms with Crippen molar-refractivity contribution >= 4 is 23.6 Å². The van der Waals surface area contributed by atoms with Crippen molar-refractivity contribution in [3.05, 3.63) is 66.0 Å². The summed E-state index contributed by atoms with van der Waals surface area (Å²) in [6.07, 6.45) is 0.976. The molecule has 0 spiro atoms. The van der Waals surface area contributed by atoms with E-state index in [9.17, 15) is 19.5 Å². The lowest BCUT2D eigenvalue weighted by Gasteiger charge is -2.11. The molecule has 0 unspecified atom stereocenters. The standard InChI is InChI=1S/C23H19N3O8/c1-31-21(27)11-17(23(30)32-2)24-14-4-6-15(7-5-14)26-18(10-16(25-26)22(28)29)13-3-8-19-20(9-13)34-12-33-19/h3-11,24H,12H2,1-2H3,(H,28,29)/b17-11+. The Morgan fingerprint density at radius 2 is 1.76 bits per heavy atom. The van der Waals surface area contributed by atoms with Crippen LogP contribution in [0, 0.1) is 0 Å². The Labute approximate surface area is 193 Å². The zero-order chi connectivity index (χ0) is 24.2. The highest BCUT2D eigenvalue weighted by atomic mass is 16.7. The highest BCUT2D eigenvalue weighted by Crippen LogP contribution is 2.36. The number of hydrogen-bond donors (Lipinski definition) is 2. The zero-order valence-corrected chi connectivity index (χ0v) is 18.1. The number of anilines is 1. The van der Waals surface area contributed by atoms with Crippen molar-refractivity contribution in [2.45, 2.75) is 0 Å². The van der Waals surface area contributed by atoms with Gasteiger partial charge < -0.3 is 29.4 Å². The van der Waals surface area contributed by atoms with Crippen LogP contribution in [0.25, 0.3) is 16.9 Å². The van der Waals surface area contributed by atoms with Crippen LogP contribution in [-0.2, 0) is 19.1 Å². The van der Waals surface area contributed by atoms with Crippen LogP contribution < -0.4 is 14.8 Å². The van der Waals surface area contributed by atoms with E-state index in [1.807, 2.05) is 0 Å². The second kappa shape index (κ2) is 9.36. The molecule has 1 aliphatic heterocycles. The number of benzene rings is 2. The maximum absolute atomic E-state index is 12.0. The Balaban J connectivity index is 1.67. The van der Waals surface area contributed by atoms with Crippen LogP contribution in [0.5, 0.6) is 11.5 Å². The molecule has 0 aliphatic carbocycles. The van der Waals surface area contributed by atoms with Crippen molar-refractivity contribution < 1.29 is 38.4 Å². The number of methoxy groups -OCH3 is 2. The summed E-state index contributed by atoms with van der Waals surface area (Å²) in [5, 5.41) is 16.5. The zero-order valence-electron chi connectivity index (χ0n) is 18.1. The first-order chi connectivity index (χ1) is 16.4. The summed E-state index contributed by atoms with van der Waals surface area (Å²) in [6.45, 7) is 0.116. The van der Waals surface area contributed by atoms with E-state index in [4.69, 9.17) is 9.47 Å². The van der Waals surface area contributed by atoms with Gasteiger partial charge in [0.05, 0.1) is 31.7 Å². The van der Waals surface area contributed by atoms with Gasteiger partial charge in [-0.15, -0.1) is 0 Å². The topological polar surface area (TPSA) is 138 Å². The van der Waals surface area contributed by atoms with Gasteiger partial charge in [0.25, 0.3) is 0 Å². The monoisotopic (exact) mass is 465 g/mol. The van der Waals surface area contributed by atoms with Crippen LogP contribution in [0.3, 0.4) is 0 Å². The van der Waals surface area contributed by atoms with Crippen molar-refractivity contribution in [3.63, 3.8) is 0 Å². The Kier molecular flexibility index (Phi) is 6.17. The van der Waals surface area contributed by atoms with Gasteiger partial charge in [-0.25, -0.2) is 19.1 Å². The van der Waals surface area contributed by atoms with E-state index >= 15 is 0 Å². The minimum absolute atomic E-state index is 0.115. The number of carbonyl (C=O) groups excluding carboxylic acids is 2. The van der Waals surface area contributed by atoms with Gasteiger partial charge in [-0.3, -0.25) is 0 Å². The molecule has 0 saturated carbocycles. The second-order valence-electron chi connectivity index (χ2n) is 6.94. The summed E-state index contributed by atoms with van der Waals surface area (Å²) in [5.41, 5.74) is 1.98. The number of carboxylic acids is 1. The number of hydrogen-bond acceptors (Lipinski definition) is 9. The first-order valence-corrected chi connectivity index (χ1v) is 9.88. The molecule has 1 aromatic heterocycles. The Hall–Kier alpha value is -4.80. The van der Waals surface area contributed by atoms with Crippen LogP contribution in [-0.4, -0.2) is 53.8 Å². The quantitative estimate of drug-likeness (QED) is 0.395. The van der Waals surface area contributed by atoms with E-state index in [2.05, 4.69) is 19.9 Å². The lowest BCUT2D eigenvalue weighted by molar-refractivity contribution is -0.138. The predicted molar refractivity (Wildman–Crippen MR) is 118 cm³/mol. The number of carbonyl (C=O) groups is 3. The van der Waals surface area contributed by atoms with Crippen LogP contribution >= 0.6 is 0 Å². The highest BCUT2D eigenvalue weighted by molar-refractivity contribution is 5.98. The average molecular weight is 465 g/mol. The SMILES string of the molecule is COC(=O)/C=C(/Nc1ccc(-n2nc(C(=O)O)cc2-c2ccc3c(c2)OCO3)cc1)C(=O)OC. The summed E-state index contributed by atoms with van der Waals surface area (Å²) >= 11 is 0. The minimum atomic E-state index is -1.17. The maximum Gasteiger partial charge on any atom is 0.356 e. The minimum Gasteiger partial charge on any atom is -0.476 e. The molecule has 11 heteroatoms. The van der Waals surface area contributed by atoms with Crippen LogP contribution in [0.2, 0.25) is 0 Å². The molecule has 1 aliphatic rings. The summed E-state index contributed by atoms with van der Waals surface area (Å²) < 4.78 is 21.5. The van der Waals surface area contributed by atoms with Gasteiger partial charge in [-0.2, -0.15) is 5.10 Å². The fourth-order valence-electron chi connectivity index (χ4n) is 3.22. The molecule has 0 atom stereocenters. The molecule has 4 rings (SSSR count). The number of aromatic carboxylic acids is 1. The predicted octanol–water partition coefficient (Wildman–Crippen LogP) is 2.61. The van der Waals surface area contributed by atoms with Gasteiger partial charge in [-0.05, 0) is 48.5 Å². The van der Waals surface area contributed by atoms with Gasteiger partial charge in [0, 0.05) is 11.3 Å². The number of nitrogens with one attached hydrogen (secondary N) is 1. The van der Waals surface area contributed by atoms with E-state index in [0.29, 0.717) is 34.1 Å². The fourth-order valence-corrected chi connectivity index (χ4v) is 3.22. The molecule has 0 bridgehead atoms. The third-order valence-electron chi connectivity index (χ3n) is 4.86. The number of aromatic nitrogens is 2. The summed E-state index contributed by atoms with van der Waals surface area (Å²) in [6, 6.07) is 13.3. The van der Waals surface area contributed by atoms with Gasteiger partial charge in [0.15, 0.2) is 17.2 Å². The highest BCUT2D eigenvalue weighted by Gasteiger charge is 2.20. The molecule has 2 aromatic carbocycles. The number of esters is 2. The van der Waals surface area contributed by atoms with Crippen LogP contribution in [0.15, 0.2) is 60.3 Å². The van der Waals surface area contributed by atoms with Gasteiger partial charge in [-0.1, -0.05) is 0 Å². The smallest absolute Gasteiger partial charge is 0.356 e. The van der Waals surface area contributed by atoms with E-state index in [1.165, 1.54) is 25.0 Å². The van der Waals surface area contributed by atoms with Gasteiger partial charge in [0.2, 0.25) is 6.79 Å². The van der Waals surface area contributed by atoms with E-state index in [1.54, 1.807) is 42.5 Å². The average Bonchev–Trinajstić information content (AvgIpc) is 3.50. The molecule has 174 valence electrons. The summed E-state index contributed by atoms with van der Waals surface area (Å²) in [4.78, 5) is 35.1. The number of rotatable bonds is 7. The van der Waals surface area contributed by atoms with E-state index < -0.39 is 17.9 Å². The van der Waals surface area contributed by atoms with Crippen molar-refractivity contribution in [2.24, 2.45) is 0 Å². The molecular formula is C23H19N3O8. The van der Waals surface area contributed by atoms with Gasteiger partial charge >= 0.3 is 17.9 Å². The van der Waals surface area contributed by atoms with Crippen molar-refractivity contribution in [3.8, 4) is 28.4 Å². The third-order valence-corrected chi connectivity index (χ3v) is 4.86. The Morgan fingerprint density at radius 1 is 1.03 bits per heavy atom. The lowest BCUT2D eigenvalue weighted by Crippen LogP contribution is -2.15. The van der Waals surface area contributed by atoms with Crippen molar-refractivity contribution in [1.29, 1.82) is 0 Å². The van der Waals surface area contributed by atoms with Crippen LogP contribution in [0.4, 0.5) is 5.69 Å². The maximum atomic E-state index is 12.0. The number of carboxylic acid groups (broad SMARTS) is 1. The molecule has 0 saturated heterocycles. The van der Waals surface area contributed by atoms with E-state index in [-0.39, 0.29) is 18.2 Å². The molecule has 2 N–H and O–H groups in total. The van der Waals surface area contributed by atoms with Crippen molar-refractivity contribution in [1.82, 2.24) is 9.78 Å². The molecule has 34 heavy (non-hydrogen) atoms. The van der Waals surface area contributed by atoms with E-state index in [0.717, 1.165) is 6.08 Å². The molecular weight excluding hydrogens is 446 g/mol. The van der Waals surface area contributed by atoms with Crippen molar-refractivity contribution in [2.75, 3.05) is 26.3 Å². The normalized spacial score (nSPS) is 12.2. The molecule has 0 fully saturated rings. The first-order valence-electron chi connectivity index (χ1n) is 9.88. The van der Waals surface area contributed by atoms with Gasteiger partial charge in [0.1, 0.15) is 5.70 Å². The first kappa shape index (κ1) is 22.4. The lowest BCUT2D eigenvalue weighted by atomic mass is 10.1. The number of fused-ring (bicyclic) bond motifs is 1. The summed E-state index contributed by atoms with van der Waals surface area (Å²) in [5.74, 6) is -1.50. The molecule has 0 amide bonds. The molecule has 11 nitrogen and oxygen atoms in total. The Bertz CT molecular complexity index is 1290. The molecule has 3 aromatic rings. The second-order valence-corrected chi connectivity index (χ2v) is 6.94. The number of nitrogens with zero attached hydrogens (tertiary/aromatic N) is 2.